The Balaban J connectivity index is 2.22. The molecule has 1 aliphatic rings. The fraction of sp³-hybridized carbons (Fsp3) is 0.400. The van der Waals surface area contributed by atoms with E-state index in [1.54, 1.807) is 7.11 Å². The zero-order valence-electron chi connectivity index (χ0n) is 10.8. The Morgan fingerprint density at radius 2 is 2.06 bits per heavy atom. The van der Waals surface area contributed by atoms with Crippen LogP contribution in [-0.2, 0) is 5.41 Å². The second-order valence-corrected chi connectivity index (χ2v) is 5.18. The topological polar surface area (TPSA) is 48.1 Å². The maximum absolute atomic E-state index is 6.15. The van der Waals surface area contributed by atoms with Crippen LogP contribution in [0.25, 0.3) is 10.9 Å². The molecule has 2 N–H and O–H groups in total. The van der Waals surface area contributed by atoms with Crippen molar-refractivity contribution in [2.24, 2.45) is 5.73 Å². The molecule has 94 valence electrons. The molecule has 0 aliphatic heterocycles. The molecular weight excluding hydrogens is 224 g/mol. The van der Waals surface area contributed by atoms with Gasteiger partial charge in [-0.25, -0.2) is 4.98 Å². The van der Waals surface area contributed by atoms with Gasteiger partial charge in [-0.3, -0.25) is 0 Å². The Labute approximate surface area is 107 Å². The van der Waals surface area contributed by atoms with Crippen molar-refractivity contribution in [3.8, 4) is 5.88 Å². The highest BCUT2D eigenvalue weighted by atomic mass is 16.5. The Kier molecular flexibility index (Phi) is 2.52. The largest absolute Gasteiger partial charge is 0.481 e. The zero-order chi connectivity index (χ0) is 12.8. The normalized spacial score (nSPS) is 18.6. The maximum atomic E-state index is 6.15. The van der Waals surface area contributed by atoms with Gasteiger partial charge in [0.25, 0.3) is 0 Å². The third-order valence-electron chi connectivity index (χ3n) is 4.08. The molecule has 1 aromatic carbocycles. The third kappa shape index (κ3) is 1.58. The van der Waals surface area contributed by atoms with Gasteiger partial charge in [0.2, 0.25) is 5.88 Å². The summed E-state index contributed by atoms with van der Waals surface area (Å²) in [5.74, 6) is 0.725. The number of benzene rings is 1. The molecule has 3 rings (SSSR count). The van der Waals surface area contributed by atoms with Crippen LogP contribution in [-0.4, -0.2) is 18.1 Å². The Morgan fingerprint density at radius 3 is 2.67 bits per heavy atom. The van der Waals surface area contributed by atoms with Crippen LogP contribution in [0.1, 0.15) is 25.3 Å². The molecule has 18 heavy (non-hydrogen) atoms. The van der Waals surface area contributed by atoms with Gasteiger partial charge in [0.1, 0.15) is 0 Å². The van der Waals surface area contributed by atoms with Gasteiger partial charge in [-0.15, -0.1) is 0 Å². The lowest BCUT2D eigenvalue weighted by Gasteiger charge is -2.22. The van der Waals surface area contributed by atoms with E-state index in [-0.39, 0.29) is 11.5 Å². The molecule has 1 atom stereocenters. The maximum Gasteiger partial charge on any atom is 0.217 e. The predicted molar refractivity (Wildman–Crippen MR) is 72.9 cm³/mol. The lowest BCUT2D eigenvalue weighted by molar-refractivity contribution is 0.383. The number of hydrogen-bond acceptors (Lipinski definition) is 3. The second kappa shape index (κ2) is 3.95. The van der Waals surface area contributed by atoms with E-state index < -0.39 is 0 Å². The van der Waals surface area contributed by atoms with Gasteiger partial charge >= 0.3 is 0 Å². The number of para-hydroxylation sites is 1. The summed E-state index contributed by atoms with van der Waals surface area (Å²) in [6.45, 7) is 2.07. The number of methoxy groups -OCH3 is 1. The number of hydrogen-bond donors (Lipinski definition) is 1. The van der Waals surface area contributed by atoms with Crippen LogP contribution in [0, 0.1) is 0 Å². The van der Waals surface area contributed by atoms with E-state index in [0.717, 1.165) is 29.6 Å². The molecule has 3 nitrogen and oxygen atoms in total. The van der Waals surface area contributed by atoms with E-state index in [2.05, 4.69) is 24.0 Å². The van der Waals surface area contributed by atoms with E-state index in [4.69, 9.17) is 10.5 Å². The average Bonchev–Trinajstić information content (AvgIpc) is 3.18. The van der Waals surface area contributed by atoms with Crippen molar-refractivity contribution in [1.82, 2.24) is 4.98 Å². The van der Waals surface area contributed by atoms with Crippen LogP contribution in [0.2, 0.25) is 0 Å². The summed E-state index contributed by atoms with van der Waals surface area (Å²) in [6.07, 6.45) is 2.25. The highest BCUT2D eigenvalue weighted by Gasteiger charge is 2.49. The third-order valence-corrected chi connectivity index (χ3v) is 4.08. The Morgan fingerprint density at radius 1 is 1.33 bits per heavy atom. The molecule has 0 radical (unpaired) electrons. The quantitative estimate of drug-likeness (QED) is 0.900. The van der Waals surface area contributed by atoms with Crippen molar-refractivity contribution in [2.45, 2.75) is 31.2 Å². The van der Waals surface area contributed by atoms with Crippen LogP contribution in [0.3, 0.4) is 0 Å². The smallest absolute Gasteiger partial charge is 0.217 e. The van der Waals surface area contributed by atoms with Crippen molar-refractivity contribution >= 4 is 10.9 Å². The van der Waals surface area contributed by atoms with Crippen LogP contribution < -0.4 is 10.5 Å². The standard InChI is InChI=1S/C15H18N2O/c1-10(16)15(7-8-15)12-9-11-5-3-4-6-13(11)17-14(12)18-2/h3-6,9-10H,7-8,16H2,1-2H3. The minimum absolute atomic E-state index is 0.0718. The second-order valence-electron chi connectivity index (χ2n) is 5.18. The first-order chi connectivity index (χ1) is 8.67. The first-order valence-corrected chi connectivity index (χ1v) is 6.37. The number of nitrogens with zero attached hydrogens (tertiary/aromatic N) is 1. The summed E-state index contributed by atoms with van der Waals surface area (Å²) >= 11 is 0. The van der Waals surface area contributed by atoms with Crippen molar-refractivity contribution < 1.29 is 4.74 Å². The summed E-state index contributed by atoms with van der Waals surface area (Å²) < 4.78 is 5.46. The first kappa shape index (κ1) is 11.5. The summed E-state index contributed by atoms with van der Waals surface area (Å²) in [6, 6.07) is 10.4. The molecule has 1 saturated carbocycles. The molecule has 1 aliphatic carbocycles. The highest BCUT2D eigenvalue weighted by Crippen LogP contribution is 2.53. The van der Waals surface area contributed by atoms with Gasteiger partial charge in [-0.05, 0) is 31.9 Å². The van der Waals surface area contributed by atoms with Crippen LogP contribution in [0.5, 0.6) is 5.88 Å². The van der Waals surface area contributed by atoms with Crippen molar-refractivity contribution in [2.75, 3.05) is 7.11 Å². The molecule has 1 heterocycles. The highest BCUT2D eigenvalue weighted by molar-refractivity contribution is 5.80. The first-order valence-electron chi connectivity index (χ1n) is 6.37. The number of pyridine rings is 1. The molecule has 0 spiro atoms. The fourth-order valence-corrected chi connectivity index (χ4v) is 2.72. The molecule has 2 aromatic rings. The van der Waals surface area contributed by atoms with E-state index in [1.165, 1.54) is 5.56 Å². The Hall–Kier alpha value is -1.61. The molecular formula is C15H18N2O. The molecule has 3 heteroatoms. The van der Waals surface area contributed by atoms with E-state index in [9.17, 15) is 0 Å². The summed E-state index contributed by atoms with van der Waals surface area (Å²) in [4.78, 5) is 4.60. The summed E-state index contributed by atoms with van der Waals surface area (Å²) in [5.41, 5.74) is 8.36. The lowest BCUT2D eigenvalue weighted by Crippen LogP contribution is -2.32. The fourth-order valence-electron chi connectivity index (χ4n) is 2.72. The van der Waals surface area contributed by atoms with E-state index >= 15 is 0 Å². The zero-order valence-corrected chi connectivity index (χ0v) is 10.8. The summed E-state index contributed by atoms with van der Waals surface area (Å²) in [7, 11) is 1.68. The number of nitrogens with two attached hydrogens (primary N) is 1. The van der Waals surface area contributed by atoms with Gasteiger partial charge in [-0.1, -0.05) is 18.2 Å². The van der Waals surface area contributed by atoms with E-state index in [0.29, 0.717) is 0 Å². The van der Waals surface area contributed by atoms with Gasteiger partial charge < -0.3 is 10.5 Å². The molecule has 1 aromatic heterocycles. The number of ether oxygens (including phenoxy) is 1. The Bertz CT molecular complexity index is 588. The van der Waals surface area contributed by atoms with Gasteiger partial charge in [0.15, 0.2) is 0 Å². The molecule has 0 saturated heterocycles. The number of fused-ring (bicyclic) bond motifs is 1. The number of rotatable bonds is 3. The van der Waals surface area contributed by atoms with Crippen molar-refractivity contribution in [1.29, 1.82) is 0 Å². The van der Waals surface area contributed by atoms with Gasteiger partial charge in [0, 0.05) is 22.4 Å². The molecule has 1 unspecified atom stereocenters. The summed E-state index contributed by atoms with van der Waals surface area (Å²) in [5, 5.41) is 1.15. The minimum Gasteiger partial charge on any atom is -0.481 e. The minimum atomic E-state index is 0.0718. The van der Waals surface area contributed by atoms with Crippen LogP contribution in [0.15, 0.2) is 30.3 Å². The average molecular weight is 242 g/mol. The van der Waals surface area contributed by atoms with Crippen molar-refractivity contribution in [3.05, 3.63) is 35.9 Å². The predicted octanol–water partition coefficient (Wildman–Crippen LogP) is 2.62. The van der Waals surface area contributed by atoms with Gasteiger partial charge in [-0.2, -0.15) is 0 Å². The SMILES string of the molecule is COc1nc2ccccc2cc1C1(C(C)N)CC1. The van der Waals surface area contributed by atoms with Gasteiger partial charge in [0.05, 0.1) is 12.6 Å². The van der Waals surface area contributed by atoms with Crippen LogP contribution in [0.4, 0.5) is 0 Å². The molecule has 0 amide bonds. The van der Waals surface area contributed by atoms with Crippen LogP contribution >= 0.6 is 0 Å². The monoisotopic (exact) mass is 242 g/mol. The molecule has 1 fully saturated rings. The van der Waals surface area contributed by atoms with E-state index in [1.807, 2.05) is 18.2 Å². The number of aromatic nitrogens is 1. The van der Waals surface area contributed by atoms with Crippen molar-refractivity contribution in [3.63, 3.8) is 0 Å². The molecule has 0 bridgehead atoms. The lowest BCUT2D eigenvalue weighted by atomic mass is 9.89.